The Bertz CT molecular complexity index is 794. The zero-order valence-electron chi connectivity index (χ0n) is 13.5. The summed E-state index contributed by atoms with van der Waals surface area (Å²) in [4.78, 5) is 25.3. The number of hydrogen-bond donors (Lipinski definition) is 0. The van der Waals surface area contributed by atoms with Crippen LogP contribution in [-0.2, 0) is 6.54 Å². The summed E-state index contributed by atoms with van der Waals surface area (Å²) in [5, 5.41) is 10.7. The minimum absolute atomic E-state index is 0.0491. The Balaban J connectivity index is 1.72. The molecule has 8 heteroatoms. The largest absolute Gasteiger partial charge is 0.497 e. The minimum atomic E-state index is -0.498. The van der Waals surface area contributed by atoms with Crippen molar-refractivity contribution in [2.45, 2.75) is 11.4 Å². The fourth-order valence-corrected chi connectivity index (χ4v) is 3.46. The highest BCUT2D eigenvalue weighted by molar-refractivity contribution is 7.99. The predicted octanol–water partition coefficient (Wildman–Crippen LogP) is 3.71. The molecule has 0 spiro atoms. The molecule has 2 aromatic rings. The summed E-state index contributed by atoms with van der Waals surface area (Å²) in [5.74, 6) is 1.78. The quantitative estimate of drug-likeness (QED) is 0.613. The Morgan fingerprint density at radius 1 is 1.20 bits per heavy atom. The van der Waals surface area contributed by atoms with Gasteiger partial charge in [-0.25, -0.2) is 4.79 Å². The first-order chi connectivity index (χ1) is 12.1. The maximum absolute atomic E-state index is 12.4. The van der Waals surface area contributed by atoms with Gasteiger partial charge in [0.05, 0.1) is 18.6 Å². The van der Waals surface area contributed by atoms with Crippen LogP contribution in [0.25, 0.3) is 0 Å². The van der Waals surface area contributed by atoms with E-state index in [9.17, 15) is 14.9 Å². The molecule has 1 aliphatic rings. The average Bonchev–Trinajstić information content (AvgIpc) is 2.83. The molecule has 130 valence electrons. The number of rotatable bonds is 3. The normalized spacial score (nSPS) is 13.6. The molecular formula is C17H16N2O5S. The van der Waals surface area contributed by atoms with Crippen molar-refractivity contribution < 1.29 is 19.2 Å². The van der Waals surface area contributed by atoms with E-state index in [2.05, 4.69) is 0 Å². The molecule has 1 aliphatic heterocycles. The molecule has 2 aromatic carbocycles. The number of nitrogens with zero attached hydrogens (tertiary/aromatic N) is 2. The van der Waals surface area contributed by atoms with Gasteiger partial charge in [-0.05, 0) is 35.9 Å². The van der Waals surface area contributed by atoms with Crippen LogP contribution in [0.2, 0.25) is 0 Å². The highest BCUT2D eigenvalue weighted by Crippen LogP contribution is 2.30. The number of nitro benzene ring substituents is 1. The molecule has 0 fully saturated rings. The molecule has 0 N–H and O–H groups in total. The number of nitro groups is 1. The van der Waals surface area contributed by atoms with Gasteiger partial charge in [-0.2, -0.15) is 0 Å². The molecule has 7 nitrogen and oxygen atoms in total. The van der Waals surface area contributed by atoms with E-state index in [-0.39, 0.29) is 11.4 Å². The molecule has 1 heterocycles. The topological polar surface area (TPSA) is 81.9 Å². The number of fused-ring (bicyclic) bond motifs is 1. The summed E-state index contributed by atoms with van der Waals surface area (Å²) >= 11 is 1.68. The van der Waals surface area contributed by atoms with Gasteiger partial charge in [-0.3, -0.25) is 10.1 Å². The third-order valence-corrected chi connectivity index (χ3v) is 4.85. The zero-order chi connectivity index (χ0) is 17.8. The number of carbonyl (C=O) groups is 1. The third kappa shape index (κ3) is 4.03. The first-order valence-corrected chi connectivity index (χ1v) is 8.56. The van der Waals surface area contributed by atoms with Crippen molar-refractivity contribution in [3.8, 4) is 11.5 Å². The molecule has 0 atom stereocenters. The van der Waals surface area contributed by atoms with Gasteiger partial charge in [-0.1, -0.05) is 0 Å². The van der Waals surface area contributed by atoms with Crippen molar-refractivity contribution in [3.63, 3.8) is 0 Å². The van der Waals surface area contributed by atoms with Gasteiger partial charge in [0.2, 0.25) is 0 Å². The Kier molecular flexibility index (Phi) is 5.08. The zero-order valence-corrected chi connectivity index (χ0v) is 14.3. The van der Waals surface area contributed by atoms with Crippen LogP contribution in [0.4, 0.5) is 10.5 Å². The molecule has 0 bridgehead atoms. The van der Waals surface area contributed by atoms with E-state index in [0.29, 0.717) is 13.1 Å². The molecule has 0 aromatic heterocycles. The number of methoxy groups -OCH3 is 1. The summed E-state index contributed by atoms with van der Waals surface area (Å²) < 4.78 is 10.6. The fraction of sp³-hybridized carbons (Fsp3) is 0.235. The molecule has 0 unspecified atom stereocenters. The van der Waals surface area contributed by atoms with Gasteiger partial charge in [-0.15, -0.1) is 11.8 Å². The molecular weight excluding hydrogens is 344 g/mol. The Labute approximate surface area is 148 Å². The summed E-state index contributed by atoms with van der Waals surface area (Å²) in [5.41, 5.74) is 0.953. The summed E-state index contributed by atoms with van der Waals surface area (Å²) in [6.45, 7) is 0.971. The summed E-state index contributed by atoms with van der Waals surface area (Å²) in [6.07, 6.45) is -0.481. The van der Waals surface area contributed by atoms with Crippen molar-refractivity contribution in [3.05, 3.63) is 58.1 Å². The van der Waals surface area contributed by atoms with E-state index in [1.54, 1.807) is 23.8 Å². The van der Waals surface area contributed by atoms with Gasteiger partial charge in [0.1, 0.15) is 11.5 Å². The van der Waals surface area contributed by atoms with Crippen molar-refractivity contribution >= 4 is 23.5 Å². The van der Waals surface area contributed by atoms with E-state index < -0.39 is 11.0 Å². The minimum Gasteiger partial charge on any atom is -0.497 e. The van der Waals surface area contributed by atoms with Crippen LogP contribution in [-0.4, -0.2) is 35.3 Å². The highest BCUT2D eigenvalue weighted by Gasteiger charge is 2.21. The Morgan fingerprint density at radius 2 is 1.92 bits per heavy atom. The lowest BCUT2D eigenvalue weighted by Gasteiger charge is -2.20. The van der Waals surface area contributed by atoms with Crippen LogP contribution in [0.3, 0.4) is 0 Å². The molecule has 25 heavy (non-hydrogen) atoms. The molecule has 0 radical (unpaired) electrons. The lowest BCUT2D eigenvalue weighted by molar-refractivity contribution is -0.384. The van der Waals surface area contributed by atoms with Crippen LogP contribution >= 0.6 is 11.8 Å². The van der Waals surface area contributed by atoms with Crippen molar-refractivity contribution in [1.82, 2.24) is 4.90 Å². The Hall–Kier alpha value is -2.74. The first kappa shape index (κ1) is 17.1. The maximum Gasteiger partial charge on any atom is 0.415 e. The number of non-ortho nitro benzene ring substituents is 1. The fourth-order valence-electron chi connectivity index (χ4n) is 2.45. The van der Waals surface area contributed by atoms with Crippen molar-refractivity contribution in [2.24, 2.45) is 0 Å². The van der Waals surface area contributed by atoms with Gasteiger partial charge in [0.25, 0.3) is 5.69 Å². The van der Waals surface area contributed by atoms with Crippen LogP contribution in [0, 0.1) is 10.1 Å². The molecule has 0 saturated heterocycles. The van der Waals surface area contributed by atoms with E-state index in [4.69, 9.17) is 9.47 Å². The van der Waals surface area contributed by atoms with E-state index in [0.717, 1.165) is 22.0 Å². The standard InChI is InChI=1S/C17H16N2O5S/c1-23-15-6-7-16-12(10-15)11-18(8-9-25-16)17(20)24-14-4-2-13(3-5-14)19(21)22/h2-7,10H,8-9,11H2,1H3. The van der Waals surface area contributed by atoms with Crippen LogP contribution < -0.4 is 9.47 Å². The molecule has 3 rings (SSSR count). The molecule has 0 saturated carbocycles. The lowest BCUT2D eigenvalue weighted by Crippen LogP contribution is -2.34. The number of benzene rings is 2. The summed E-state index contributed by atoms with van der Waals surface area (Å²) in [6, 6.07) is 11.3. The number of ether oxygens (including phenoxy) is 2. The lowest BCUT2D eigenvalue weighted by atomic mass is 10.2. The summed E-state index contributed by atoms with van der Waals surface area (Å²) in [7, 11) is 1.60. The molecule has 0 aliphatic carbocycles. The maximum atomic E-state index is 12.4. The van der Waals surface area contributed by atoms with Gasteiger partial charge >= 0.3 is 6.09 Å². The second-order valence-electron chi connectivity index (χ2n) is 5.36. The SMILES string of the molecule is COc1ccc2c(c1)CN(C(=O)Oc1ccc([N+](=O)[O-])cc1)CCS2. The van der Waals surface area contributed by atoms with Gasteiger partial charge in [0, 0.05) is 29.3 Å². The van der Waals surface area contributed by atoms with E-state index in [1.807, 2.05) is 18.2 Å². The third-order valence-electron chi connectivity index (χ3n) is 3.76. The van der Waals surface area contributed by atoms with Gasteiger partial charge in [0.15, 0.2) is 0 Å². The number of thioether (sulfide) groups is 1. The number of carbonyl (C=O) groups excluding carboxylic acids is 1. The smallest absolute Gasteiger partial charge is 0.415 e. The van der Waals surface area contributed by atoms with Crippen molar-refractivity contribution in [2.75, 3.05) is 19.4 Å². The second-order valence-corrected chi connectivity index (χ2v) is 6.50. The highest BCUT2D eigenvalue weighted by atomic mass is 32.2. The number of hydrogen-bond acceptors (Lipinski definition) is 6. The van der Waals surface area contributed by atoms with Crippen LogP contribution in [0.15, 0.2) is 47.4 Å². The molecule has 1 amide bonds. The van der Waals surface area contributed by atoms with Crippen LogP contribution in [0.5, 0.6) is 11.5 Å². The van der Waals surface area contributed by atoms with Crippen molar-refractivity contribution in [1.29, 1.82) is 0 Å². The Morgan fingerprint density at radius 3 is 2.60 bits per heavy atom. The average molecular weight is 360 g/mol. The van der Waals surface area contributed by atoms with E-state index in [1.165, 1.54) is 24.3 Å². The predicted molar refractivity (Wildman–Crippen MR) is 93.2 cm³/mol. The number of amides is 1. The van der Waals surface area contributed by atoms with Crippen LogP contribution in [0.1, 0.15) is 5.56 Å². The second kappa shape index (κ2) is 7.43. The van der Waals surface area contributed by atoms with E-state index >= 15 is 0 Å². The monoisotopic (exact) mass is 360 g/mol. The first-order valence-electron chi connectivity index (χ1n) is 7.58. The van der Waals surface area contributed by atoms with Gasteiger partial charge < -0.3 is 14.4 Å².